The van der Waals surface area contributed by atoms with Gasteiger partial charge in [-0.15, -0.1) is 0 Å². The summed E-state index contributed by atoms with van der Waals surface area (Å²) < 4.78 is 0. The Kier molecular flexibility index (Phi) is 4.53. The molecular weight excluding hydrogens is 380 g/mol. The molecule has 0 aromatic carbocycles. The van der Waals surface area contributed by atoms with E-state index in [0.717, 1.165) is 39.3 Å². The van der Waals surface area contributed by atoms with E-state index in [4.69, 9.17) is 10.2 Å². The molecule has 3 saturated heterocycles. The van der Waals surface area contributed by atoms with Crippen LogP contribution in [0.25, 0.3) is 0 Å². The first-order valence-electron chi connectivity index (χ1n) is 9.10. The molecule has 10 nitrogen and oxygen atoms in total. The lowest BCUT2D eigenvalue weighted by molar-refractivity contribution is -0.117. The highest BCUT2D eigenvalue weighted by Crippen LogP contribution is 2.33. The van der Waals surface area contributed by atoms with Gasteiger partial charge in [0.05, 0.1) is 5.70 Å². The minimum Gasteiger partial charge on any atom is -0.477 e. The van der Waals surface area contributed by atoms with E-state index in [-0.39, 0.29) is 23.0 Å². The predicted molar refractivity (Wildman–Crippen MR) is 98.0 cm³/mol. The Labute approximate surface area is 165 Å². The molecule has 0 amide bonds. The molecule has 3 fully saturated rings. The fourth-order valence-electron chi connectivity index (χ4n) is 2.95. The van der Waals surface area contributed by atoms with Gasteiger partial charge in [-0.1, -0.05) is 6.07 Å². The van der Waals surface area contributed by atoms with Crippen molar-refractivity contribution < 1.29 is 29.4 Å². The Morgan fingerprint density at radius 3 is 1.72 bits per heavy atom. The fraction of sp³-hybridized carbons (Fsp3) is 0.316. The zero-order chi connectivity index (χ0) is 20.7. The van der Waals surface area contributed by atoms with Gasteiger partial charge in [0.2, 0.25) is 11.6 Å². The van der Waals surface area contributed by atoms with E-state index in [0.29, 0.717) is 17.1 Å². The van der Waals surface area contributed by atoms with Gasteiger partial charge >= 0.3 is 11.9 Å². The van der Waals surface area contributed by atoms with Crippen molar-refractivity contribution in [3.63, 3.8) is 0 Å². The molecule has 0 atom stereocenters. The van der Waals surface area contributed by atoms with Gasteiger partial charge in [-0.2, -0.15) is 0 Å². The van der Waals surface area contributed by atoms with Gasteiger partial charge < -0.3 is 24.9 Å². The number of allylic oxidation sites excluding steroid dienone is 1. The number of hydrogen-bond acceptors (Lipinski definition) is 8. The van der Waals surface area contributed by atoms with Gasteiger partial charge in [0, 0.05) is 45.3 Å². The van der Waals surface area contributed by atoms with E-state index in [2.05, 4.69) is 4.98 Å². The van der Waals surface area contributed by atoms with Gasteiger partial charge in [-0.3, -0.25) is 9.59 Å². The van der Waals surface area contributed by atoms with Crippen LogP contribution in [0.4, 0.5) is 0 Å². The first-order chi connectivity index (χ1) is 13.9. The monoisotopic (exact) mass is 398 g/mol. The predicted octanol–water partition coefficient (Wildman–Crippen LogP) is -0.341. The van der Waals surface area contributed by atoms with E-state index in [1.165, 1.54) is 24.3 Å². The number of hydrogen-bond donors (Lipinski definition) is 2. The number of Topliss-reactive ketones (excluding diaryl/α,β-unsaturated/α-hetero) is 1. The molecule has 0 bridgehead atoms. The van der Waals surface area contributed by atoms with Crippen molar-refractivity contribution in [3.8, 4) is 0 Å². The van der Waals surface area contributed by atoms with Crippen LogP contribution in [0.5, 0.6) is 0 Å². The number of rotatable bonds is 5. The Morgan fingerprint density at radius 2 is 1.28 bits per heavy atom. The molecule has 0 spiro atoms. The number of aromatic nitrogens is 1. The summed E-state index contributed by atoms with van der Waals surface area (Å²) in [6.45, 7) is 5.41. The maximum absolute atomic E-state index is 12.4. The van der Waals surface area contributed by atoms with Crippen LogP contribution in [-0.4, -0.2) is 92.7 Å². The highest BCUT2D eigenvalue weighted by Gasteiger charge is 2.43. The van der Waals surface area contributed by atoms with Crippen molar-refractivity contribution in [1.82, 2.24) is 19.7 Å². The number of carboxylic acid groups (broad SMARTS) is 2. The van der Waals surface area contributed by atoms with E-state index in [1.54, 1.807) is 0 Å². The summed E-state index contributed by atoms with van der Waals surface area (Å²) >= 11 is 0. The number of nitrogens with zero attached hydrogens (tertiary/aromatic N) is 4. The third-order valence-electron chi connectivity index (χ3n) is 4.68. The van der Waals surface area contributed by atoms with Crippen LogP contribution in [0.1, 0.15) is 21.0 Å². The highest BCUT2D eigenvalue weighted by molar-refractivity contribution is 6.22. The maximum atomic E-state index is 12.4. The molecule has 10 heteroatoms. The molecule has 2 N–H and O–H groups in total. The molecule has 1 aromatic heterocycles. The number of carbonyl (C=O) groups is 4. The van der Waals surface area contributed by atoms with Gasteiger partial charge in [0.15, 0.2) is 0 Å². The Morgan fingerprint density at radius 1 is 0.793 bits per heavy atom. The van der Waals surface area contributed by atoms with Crippen molar-refractivity contribution in [1.29, 1.82) is 0 Å². The van der Waals surface area contributed by atoms with Crippen molar-refractivity contribution in [3.05, 3.63) is 52.8 Å². The lowest BCUT2D eigenvalue weighted by Gasteiger charge is -2.21. The number of pyridine rings is 1. The Hall–Kier alpha value is -3.69. The van der Waals surface area contributed by atoms with Crippen LogP contribution >= 0.6 is 0 Å². The lowest BCUT2D eigenvalue weighted by atomic mass is 10.0. The summed E-state index contributed by atoms with van der Waals surface area (Å²) in [6.07, 6.45) is 1.52. The Balaban J connectivity index is 0.000000152. The summed E-state index contributed by atoms with van der Waals surface area (Å²) in [5, 5.41) is 16.9. The van der Waals surface area contributed by atoms with E-state index in [1.807, 2.05) is 14.7 Å². The summed E-state index contributed by atoms with van der Waals surface area (Å²) in [4.78, 5) is 54.5. The van der Waals surface area contributed by atoms with Crippen molar-refractivity contribution in [2.75, 3.05) is 39.3 Å². The maximum Gasteiger partial charge on any atom is 0.354 e. The summed E-state index contributed by atoms with van der Waals surface area (Å²) in [5.74, 6) is -2.43. The molecular formula is C19H18N4O6. The van der Waals surface area contributed by atoms with Crippen LogP contribution in [0.15, 0.2) is 41.4 Å². The molecule has 29 heavy (non-hydrogen) atoms. The molecule has 1 aliphatic carbocycles. The third kappa shape index (κ3) is 3.96. The minimum absolute atomic E-state index is 0.00546. The molecule has 5 rings (SSSR count). The molecule has 4 heterocycles. The number of carboxylic acids is 2. The standard InChI is InChI=1S/C12H13N3O2.C7H5NO4/c16-9-7-8(13-1-2-13)12(17)11(15-5-6-15)10(9)14-3-4-14;9-6(10)4-2-1-3-5(8-4)7(11)12/h7H,1-6H2;1-3H,(H,9,10)(H,11,12). The van der Waals surface area contributed by atoms with Crippen molar-refractivity contribution in [2.24, 2.45) is 0 Å². The normalized spacial score (nSPS) is 19.4. The van der Waals surface area contributed by atoms with E-state index in [9.17, 15) is 19.2 Å². The molecule has 0 unspecified atom stereocenters. The molecule has 0 radical (unpaired) electrons. The van der Waals surface area contributed by atoms with Crippen LogP contribution in [0.2, 0.25) is 0 Å². The SMILES string of the molecule is O=C(O)c1cccc(C(=O)O)n1.O=C1C=C(N2CC2)C(=O)C(N2CC2)=C1N1CC1. The van der Waals surface area contributed by atoms with Crippen LogP contribution < -0.4 is 0 Å². The largest absolute Gasteiger partial charge is 0.477 e. The average molecular weight is 398 g/mol. The average Bonchev–Trinajstić information content (AvgIpc) is 3.56. The smallest absolute Gasteiger partial charge is 0.354 e. The molecule has 3 aliphatic heterocycles. The van der Waals surface area contributed by atoms with Gasteiger partial charge in [-0.25, -0.2) is 14.6 Å². The highest BCUT2D eigenvalue weighted by atomic mass is 16.4. The topological polar surface area (TPSA) is 131 Å². The second-order valence-corrected chi connectivity index (χ2v) is 6.90. The number of aromatic carboxylic acids is 2. The second kappa shape index (κ2) is 7.04. The minimum atomic E-state index is -1.24. The summed E-state index contributed by atoms with van der Waals surface area (Å²) in [5.41, 5.74) is 1.35. The van der Waals surface area contributed by atoms with E-state index >= 15 is 0 Å². The van der Waals surface area contributed by atoms with Crippen LogP contribution in [-0.2, 0) is 9.59 Å². The zero-order valence-electron chi connectivity index (χ0n) is 15.4. The molecule has 1 aromatic rings. The van der Waals surface area contributed by atoms with Crippen molar-refractivity contribution >= 4 is 23.5 Å². The Bertz CT molecular complexity index is 957. The van der Waals surface area contributed by atoms with Crippen LogP contribution in [0, 0.1) is 0 Å². The first kappa shape index (κ1) is 18.7. The summed E-state index contributed by atoms with van der Waals surface area (Å²) in [6, 6.07) is 3.80. The zero-order valence-corrected chi connectivity index (χ0v) is 15.4. The molecule has 4 aliphatic rings. The third-order valence-corrected chi connectivity index (χ3v) is 4.68. The molecule has 0 saturated carbocycles. The number of carbonyl (C=O) groups excluding carboxylic acids is 2. The molecule has 150 valence electrons. The van der Waals surface area contributed by atoms with Gasteiger partial charge in [0.25, 0.3) is 0 Å². The lowest BCUT2D eigenvalue weighted by Crippen LogP contribution is -2.29. The second-order valence-electron chi connectivity index (χ2n) is 6.90. The summed E-state index contributed by atoms with van der Waals surface area (Å²) in [7, 11) is 0. The fourth-order valence-corrected chi connectivity index (χ4v) is 2.95. The van der Waals surface area contributed by atoms with Gasteiger partial charge in [0.1, 0.15) is 22.8 Å². The van der Waals surface area contributed by atoms with Gasteiger partial charge in [-0.05, 0) is 12.1 Å². The van der Waals surface area contributed by atoms with Crippen LogP contribution in [0.3, 0.4) is 0 Å². The quantitative estimate of drug-likeness (QED) is 0.502. The van der Waals surface area contributed by atoms with E-state index < -0.39 is 11.9 Å². The first-order valence-corrected chi connectivity index (χ1v) is 9.10. The van der Waals surface area contributed by atoms with Crippen molar-refractivity contribution in [2.45, 2.75) is 0 Å². The number of ketones is 2.